The van der Waals surface area contributed by atoms with E-state index < -0.39 is 0 Å². The van der Waals surface area contributed by atoms with Crippen LogP contribution in [0, 0.1) is 0 Å². The summed E-state index contributed by atoms with van der Waals surface area (Å²) in [5.74, 6) is 0.734. The van der Waals surface area contributed by atoms with Gasteiger partial charge in [0.05, 0.1) is 6.61 Å². The first kappa shape index (κ1) is 12.2. The van der Waals surface area contributed by atoms with Crippen LogP contribution in [-0.4, -0.2) is 12.5 Å². The highest BCUT2D eigenvalue weighted by Crippen LogP contribution is 2.35. The zero-order valence-electron chi connectivity index (χ0n) is 10.6. The van der Waals surface area contributed by atoms with Crippen molar-refractivity contribution < 1.29 is 4.74 Å². The minimum Gasteiger partial charge on any atom is -0.478 e. The molecule has 3 rings (SSSR count). The molecule has 1 aliphatic heterocycles. The highest BCUT2D eigenvalue weighted by molar-refractivity contribution is 6.30. The molecule has 1 heterocycles. The zero-order valence-corrected chi connectivity index (χ0v) is 11.4. The fourth-order valence-electron chi connectivity index (χ4n) is 2.34. The molecule has 0 saturated heterocycles. The van der Waals surface area contributed by atoms with Gasteiger partial charge in [-0.1, -0.05) is 41.9 Å². The number of nitrogens with zero attached hydrogens (tertiary/aromatic N) is 1. The Bertz CT molecular complexity index is 619. The molecule has 2 aromatic rings. The van der Waals surface area contributed by atoms with Crippen LogP contribution in [0.5, 0.6) is 0 Å². The van der Waals surface area contributed by atoms with Gasteiger partial charge in [-0.3, -0.25) is 0 Å². The van der Waals surface area contributed by atoms with E-state index in [1.807, 2.05) is 43.3 Å². The minimum absolute atomic E-state index is 0.00927. The predicted molar refractivity (Wildman–Crippen MR) is 77.9 cm³/mol. The van der Waals surface area contributed by atoms with Crippen molar-refractivity contribution >= 4 is 17.5 Å². The summed E-state index contributed by atoms with van der Waals surface area (Å²) in [5.41, 5.74) is 3.41. The second-order valence-corrected chi connectivity index (χ2v) is 4.85. The van der Waals surface area contributed by atoms with Crippen molar-refractivity contribution in [2.24, 2.45) is 4.99 Å². The van der Waals surface area contributed by atoms with Crippen molar-refractivity contribution in [3.8, 4) is 0 Å². The van der Waals surface area contributed by atoms with Crippen LogP contribution < -0.4 is 0 Å². The molecule has 1 unspecified atom stereocenters. The minimum atomic E-state index is 0.00927. The van der Waals surface area contributed by atoms with Gasteiger partial charge >= 0.3 is 0 Å². The second-order valence-electron chi connectivity index (χ2n) is 4.41. The average Bonchev–Trinajstić information content (AvgIpc) is 2.80. The molecule has 19 heavy (non-hydrogen) atoms. The maximum atomic E-state index is 5.94. The van der Waals surface area contributed by atoms with E-state index in [1.54, 1.807) is 0 Å². The molecule has 1 atom stereocenters. The van der Waals surface area contributed by atoms with Crippen molar-refractivity contribution in [2.45, 2.75) is 13.0 Å². The summed E-state index contributed by atoms with van der Waals surface area (Å²) in [6.07, 6.45) is 0. The lowest BCUT2D eigenvalue weighted by Crippen LogP contribution is -2.03. The Labute approximate surface area is 117 Å². The monoisotopic (exact) mass is 271 g/mol. The van der Waals surface area contributed by atoms with Crippen LogP contribution in [0.1, 0.15) is 29.7 Å². The number of ether oxygens (including phenoxy) is 1. The van der Waals surface area contributed by atoms with Gasteiger partial charge in [0.1, 0.15) is 6.04 Å². The fraction of sp³-hybridized carbons (Fsp3) is 0.188. The number of hydrogen-bond donors (Lipinski definition) is 0. The zero-order chi connectivity index (χ0) is 13.2. The summed E-state index contributed by atoms with van der Waals surface area (Å²) >= 11 is 5.94. The average molecular weight is 272 g/mol. The molecule has 1 aliphatic rings. The van der Waals surface area contributed by atoms with Crippen LogP contribution in [-0.2, 0) is 4.74 Å². The molecule has 0 fully saturated rings. The lowest BCUT2D eigenvalue weighted by molar-refractivity contribution is 0.328. The number of rotatable bonds is 2. The van der Waals surface area contributed by atoms with Gasteiger partial charge in [0, 0.05) is 10.6 Å². The molecule has 0 spiro atoms. The smallest absolute Gasteiger partial charge is 0.217 e. The van der Waals surface area contributed by atoms with E-state index in [2.05, 4.69) is 12.1 Å². The van der Waals surface area contributed by atoms with E-state index in [1.165, 1.54) is 5.56 Å². The molecular weight excluding hydrogens is 258 g/mol. The molecule has 0 N–H and O–H groups in total. The third-order valence-corrected chi connectivity index (χ3v) is 3.45. The van der Waals surface area contributed by atoms with E-state index in [-0.39, 0.29) is 6.04 Å². The molecular formula is C16H14ClNO. The number of fused-ring (bicyclic) bond motifs is 1. The Kier molecular flexibility index (Phi) is 3.26. The third kappa shape index (κ3) is 2.24. The lowest BCUT2D eigenvalue weighted by Gasteiger charge is -2.09. The van der Waals surface area contributed by atoms with Crippen LogP contribution >= 0.6 is 11.6 Å². The SMILES string of the molecule is CCOC1=NC(c2ccc(Cl)cc2)c2ccccc21. The van der Waals surface area contributed by atoms with Crippen molar-refractivity contribution in [3.63, 3.8) is 0 Å². The first-order valence-corrected chi connectivity index (χ1v) is 6.72. The van der Waals surface area contributed by atoms with Gasteiger partial charge in [0.25, 0.3) is 0 Å². The topological polar surface area (TPSA) is 21.6 Å². The Hall–Kier alpha value is -1.80. The predicted octanol–water partition coefficient (Wildman–Crippen LogP) is 4.23. The van der Waals surface area contributed by atoms with Crippen LogP contribution in [0.2, 0.25) is 5.02 Å². The summed E-state index contributed by atoms with van der Waals surface area (Å²) in [7, 11) is 0. The van der Waals surface area contributed by atoms with Crippen LogP contribution in [0.25, 0.3) is 0 Å². The van der Waals surface area contributed by atoms with Gasteiger partial charge in [0.2, 0.25) is 5.90 Å². The third-order valence-electron chi connectivity index (χ3n) is 3.20. The van der Waals surface area contributed by atoms with Crippen molar-refractivity contribution in [1.29, 1.82) is 0 Å². The lowest BCUT2D eigenvalue weighted by atomic mass is 9.98. The number of benzene rings is 2. The summed E-state index contributed by atoms with van der Waals surface area (Å²) in [4.78, 5) is 4.70. The Morgan fingerprint density at radius 2 is 1.84 bits per heavy atom. The van der Waals surface area contributed by atoms with Gasteiger partial charge in [-0.2, -0.15) is 0 Å². The summed E-state index contributed by atoms with van der Waals surface area (Å²) in [6.45, 7) is 2.60. The highest BCUT2D eigenvalue weighted by atomic mass is 35.5. The van der Waals surface area contributed by atoms with Gasteiger partial charge in [0.15, 0.2) is 0 Å². The molecule has 2 aromatic carbocycles. The van der Waals surface area contributed by atoms with E-state index in [0.717, 1.165) is 22.0 Å². The molecule has 3 heteroatoms. The fourth-order valence-corrected chi connectivity index (χ4v) is 2.46. The normalized spacial score (nSPS) is 16.9. The van der Waals surface area contributed by atoms with Crippen molar-refractivity contribution in [1.82, 2.24) is 0 Å². The second kappa shape index (κ2) is 5.06. The Morgan fingerprint density at radius 3 is 2.58 bits per heavy atom. The van der Waals surface area contributed by atoms with Crippen LogP contribution in [0.15, 0.2) is 53.5 Å². The highest BCUT2D eigenvalue weighted by Gasteiger charge is 2.26. The van der Waals surface area contributed by atoms with E-state index in [4.69, 9.17) is 21.3 Å². The first-order chi connectivity index (χ1) is 9.29. The molecule has 0 saturated carbocycles. The summed E-state index contributed by atoms with van der Waals surface area (Å²) in [6, 6.07) is 16.0. The summed E-state index contributed by atoms with van der Waals surface area (Å²) in [5, 5.41) is 0.740. The Morgan fingerprint density at radius 1 is 1.11 bits per heavy atom. The number of aliphatic imine (C=N–C) groups is 1. The number of halogens is 1. The summed E-state index contributed by atoms with van der Waals surface area (Å²) < 4.78 is 5.63. The molecule has 0 radical (unpaired) electrons. The van der Waals surface area contributed by atoms with Crippen molar-refractivity contribution in [3.05, 3.63) is 70.2 Å². The molecule has 0 aliphatic carbocycles. The van der Waals surface area contributed by atoms with Gasteiger partial charge in [-0.25, -0.2) is 4.99 Å². The maximum Gasteiger partial charge on any atom is 0.217 e. The molecule has 2 nitrogen and oxygen atoms in total. The van der Waals surface area contributed by atoms with E-state index in [0.29, 0.717) is 6.61 Å². The standard InChI is InChI=1S/C16H14ClNO/c1-2-19-16-14-6-4-3-5-13(14)15(18-16)11-7-9-12(17)10-8-11/h3-10,15H,2H2,1H3. The van der Waals surface area contributed by atoms with Gasteiger partial charge < -0.3 is 4.74 Å². The van der Waals surface area contributed by atoms with Crippen molar-refractivity contribution in [2.75, 3.05) is 6.61 Å². The van der Waals surface area contributed by atoms with E-state index in [9.17, 15) is 0 Å². The Balaban J connectivity index is 2.05. The maximum absolute atomic E-state index is 5.94. The quantitative estimate of drug-likeness (QED) is 0.801. The first-order valence-electron chi connectivity index (χ1n) is 6.35. The molecule has 0 aromatic heterocycles. The van der Waals surface area contributed by atoms with Gasteiger partial charge in [-0.05, 0) is 36.2 Å². The molecule has 0 bridgehead atoms. The van der Waals surface area contributed by atoms with Crippen LogP contribution in [0.4, 0.5) is 0 Å². The largest absolute Gasteiger partial charge is 0.478 e. The number of hydrogen-bond acceptors (Lipinski definition) is 2. The molecule has 0 amide bonds. The molecule has 96 valence electrons. The van der Waals surface area contributed by atoms with Gasteiger partial charge in [-0.15, -0.1) is 0 Å². The van der Waals surface area contributed by atoms with Crippen LogP contribution in [0.3, 0.4) is 0 Å². The van der Waals surface area contributed by atoms with E-state index >= 15 is 0 Å².